The number of carboxylic acid groups (broad SMARTS) is 1. The number of nitrogens with one attached hydrogen (secondary N) is 1. The van der Waals surface area contributed by atoms with Crippen molar-refractivity contribution in [1.82, 2.24) is 9.71 Å². The number of thiazole rings is 1. The molecule has 0 fully saturated rings. The molecule has 0 aliphatic heterocycles. The Morgan fingerprint density at radius 2 is 2.25 bits per heavy atom. The van der Waals surface area contributed by atoms with Gasteiger partial charge in [-0.3, -0.25) is 0 Å². The van der Waals surface area contributed by atoms with Crippen molar-refractivity contribution in [1.29, 1.82) is 5.26 Å². The molecule has 0 saturated heterocycles. The SMILES string of the molecule is N#Cc1ccc(S(=O)(=O)NCc2nc(C(=O)O)cs2)s1. The highest BCUT2D eigenvalue weighted by atomic mass is 32.2. The van der Waals surface area contributed by atoms with E-state index < -0.39 is 16.0 Å². The standard InChI is InChI=1S/C10H7N3O4S3/c11-3-6-1-2-9(19-6)20(16,17)12-4-8-13-7(5-18-8)10(14)15/h1-2,5,12H,4H2,(H,14,15). The largest absolute Gasteiger partial charge is 0.476 e. The normalized spacial score (nSPS) is 11.2. The molecule has 2 rings (SSSR count). The molecule has 0 radical (unpaired) electrons. The molecule has 2 aromatic rings. The second-order valence-electron chi connectivity index (χ2n) is 3.49. The van der Waals surface area contributed by atoms with Crippen molar-refractivity contribution >= 4 is 38.7 Å². The monoisotopic (exact) mass is 329 g/mol. The quantitative estimate of drug-likeness (QED) is 0.852. The van der Waals surface area contributed by atoms with Gasteiger partial charge in [-0.15, -0.1) is 22.7 Å². The summed E-state index contributed by atoms with van der Waals surface area (Å²) in [4.78, 5) is 14.7. The predicted octanol–water partition coefficient (Wildman–Crippen LogP) is 1.25. The van der Waals surface area contributed by atoms with Crippen LogP contribution in [0, 0.1) is 11.3 Å². The molecule has 0 saturated carbocycles. The van der Waals surface area contributed by atoms with E-state index in [0.29, 0.717) is 9.88 Å². The van der Waals surface area contributed by atoms with Crippen molar-refractivity contribution in [3.05, 3.63) is 33.1 Å². The molecular weight excluding hydrogens is 322 g/mol. The lowest BCUT2D eigenvalue weighted by Crippen LogP contribution is -2.22. The van der Waals surface area contributed by atoms with Gasteiger partial charge in [-0.2, -0.15) is 5.26 Å². The number of hydrogen-bond donors (Lipinski definition) is 2. The Bertz CT molecular complexity index is 785. The van der Waals surface area contributed by atoms with Crippen LogP contribution in [0.4, 0.5) is 0 Å². The molecule has 7 nitrogen and oxygen atoms in total. The molecule has 0 aliphatic rings. The fourth-order valence-corrected chi connectivity index (χ4v) is 4.18. The lowest BCUT2D eigenvalue weighted by Gasteiger charge is -2.01. The van der Waals surface area contributed by atoms with Crippen LogP contribution in [0.1, 0.15) is 20.4 Å². The van der Waals surface area contributed by atoms with E-state index in [4.69, 9.17) is 10.4 Å². The zero-order valence-electron chi connectivity index (χ0n) is 9.73. The van der Waals surface area contributed by atoms with Gasteiger partial charge in [-0.1, -0.05) is 0 Å². The van der Waals surface area contributed by atoms with Gasteiger partial charge in [-0.05, 0) is 12.1 Å². The number of sulfonamides is 1. The van der Waals surface area contributed by atoms with Crippen molar-refractivity contribution in [3.8, 4) is 6.07 Å². The highest BCUT2D eigenvalue weighted by Gasteiger charge is 2.18. The van der Waals surface area contributed by atoms with Gasteiger partial charge in [-0.25, -0.2) is 22.9 Å². The van der Waals surface area contributed by atoms with Crippen molar-refractivity contribution in [2.24, 2.45) is 0 Å². The van der Waals surface area contributed by atoms with Crippen LogP contribution in [-0.4, -0.2) is 24.5 Å². The van der Waals surface area contributed by atoms with Crippen LogP contribution in [0.5, 0.6) is 0 Å². The second kappa shape index (κ2) is 5.68. The van der Waals surface area contributed by atoms with Crippen LogP contribution in [0.25, 0.3) is 0 Å². The Morgan fingerprint density at radius 3 is 2.80 bits per heavy atom. The zero-order valence-corrected chi connectivity index (χ0v) is 12.2. The van der Waals surface area contributed by atoms with Gasteiger partial charge < -0.3 is 5.11 Å². The van der Waals surface area contributed by atoms with Crippen molar-refractivity contribution in [2.45, 2.75) is 10.8 Å². The fraction of sp³-hybridized carbons (Fsp3) is 0.100. The van der Waals surface area contributed by atoms with Crippen LogP contribution in [0.2, 0.25) is 0 Å². The number of nitrogens with zero attached hydrogens (tertiary/aromatic N) is 2. The molecule has 2 heterocycles. The highest BCUT2D eigenvalue weighted by molar-refractivity contribution is 7.91. The summed E-state index contributed by atoms with van der Waals surface area (Å²) in [5.74, 6) is -1.16. The van der Waals surface area contributed by atoms with Crippen LogP contribution in [-0.2, 0) is 16.6 Å². The van der Waals surface area contributed by atoms with Gasteiger partial charge >= 0.3 is 5.97 Å². The summed E-state index contributed by atoms with van der Waals surface area (Å²) in [5.41, 5.74) is -0.118. The summed E-state index contributed by atoms with van der Waals surface area (Å²) in [6.45, 7) is -0.0972. The van der Waals surface area contributed by atoms with Gasteiger partial charge in [0.2, 0.25) is 10.0 Å². The van der Waals surface area contributed by atoms with Crippen LogP contribution >= 0.6 is 22.7 Å². The predicted molar refractivity (Wildman–Crippen MR) is 72.1 cm³/mol. The zero-order chi connectivity index (χ0) is 14.8. The van der Waals surface area contributed by atoms with Crippen LogP contribution < -0.4 is 4.72 Å². The van der Waals surface area contributed by atoms with Crippen LogP contribution in [0.15, 0.2) is 21.7 Å². The van der Waals surface area contributed by atoms with Crippen molar-refractivity contribution in [3.63, 3.8) is 0 Å². The molecule has 0 spiro atoms. The first kappa shape index (κ1) is 14.6. The van der Waals surface area contributed by atoms with Crippen molar-refractivity contribution < 1.29 is 18.3 Å². The number of carbonyl (C=O) groups is 1. The molecule has 2 aromatic heterocycles. The first-order valence-corrected chi connectivity index (χ1v) is 8.27. The minimum atomic E-state index is -3.72. The summed E-state index contributed by atoms with van der Waals surface area (Å²) < 4.78 is 26.2. The Kier molecular flexibility index (Phi) is 4.15. The van der Waals surface area contributed by atoms with Crippen LogP contribution in [0.3, 0.4) is 0 Å². The molecule has 0 bridgehead atoms. The lowest BCUT2D eigenvalue weighted by molar-refractivity contribution is 0.0691. The van der Waals surface area contributed by atoms with E-state index in [-0.39, 0.29) is 16.4 Å². The Balaban J connectivity index is 2.09. The Morgan fingerprint density at radius 1 is 1.50 bits per heavy atom. The smallest absolute Gasteiger partial charge is 0.355 e. The minimum absolute atomic E-state index is 0.0315. The van der Waals surface area contributed by atoms with Gasteiger partial charge in [0, 0.05) is 5.38 Å². The van der Waals surface area contributed by atoms with Gasteiger partial charge in [0.05, 0.1) is 6.54 Å². The van der Waals surface area contributed by atoms with Gasteiger partial charge in [0.15, 0.2) is 5.69 Å². The molecule has 104 valence electrons. The summed E-state index contributed by atoms with van der Waals surface area (Å²) >= 11 is 1.92. The number of carboxylic acids is 1. The average Bonchev–Trinajstić information content (AvgIpc) is 3.05. The number of hydrogen-bond acceptors (Lipinski definition) is 7. The summed E-state index contributed by atoms with van der Waals surface area (Å²) in [6, 6.07) is 4.62. The Labute approximate surface area is 122 Å². The molecule has 20 heavy (non-hydrogen) atoms. The fourth-order valence-electron chi connectivity index (χ4n) is 1.24. The third-order valence-corrected chi connectivity index (χ3v) is 5.87. The number of aromatic nitrogens is 1. The molecule has 0 amide bonds. The Hall–Kier alpha value is -1.80. The maximum atomic E-state index is 11.9. The second-order valence-corrected chi connectivity index (χ2v) is 7.51. The molecule has 2 N–H and O–H groups in total. The van der Waals surface area contributed by atoms with Gasteiger partial charge in [0.25, 0.3) is 0 Å². The first-order valence-electron chi connectivity index (χ1n) is 5.09. The van der Waals surface area contributed by atoms with E-state index >= 15 is 0 Å². The van der Waals surface area contributed by atoms with E-state index in [1.165, 1.54) is 17.5 Å². The molecule has 0 atom stereocenters. The summed E-state index contributed by atoms with van der Waals surface area (Å²) in [7, 11) is -3.72. The van der Waals surface area contributed by atoms with Gasteiger partial charge in [0.1, 0.15) is 20.2 Å². The van der Waals surface area contributed by atoms with Crippen molar-refractivity contribution in [2.75, 3.05) is 0 Å². The lowest BCUT2D eigenvalue weighted by atomic mass is 10.5. The molecule has 10 heteroatoms. The molecule has 0 aromatic carbocycles. The number of rotatable bonds is 5. The van der Waals surface area contributed by atoms with E-state index in [1.807, 2.05) is 6.07 Å². The third kappa shape index (κ3) is 3.20. The number of aromatic carboxylic acids is 1. The number of thiophene rings is 1. The van der Waals surface area contributed by atoms with E-state index in [0.717, 1.165) is 22.7 Å². The van der Waals surface area contributed by atoms with E-state index in [1.54, 1.807) is 0 Å². The third-order valence-electron chi connectivity index (χ3n) is 2.14. The van der Waals surface area contributed by atoms with E-state index in [9.17, 15) is 13.2 Å². The molecular formula is C10H7N3O4S3. The minimum Gasteiger partial charge on any atom is -0.476 e. The molecule has 0 unspecified atom stereocenters. The summed E-state index contributed by atoms with van der Waals surface area (Å²) in [5, 5.41) is 19.1. The average molecular weight is 329 g/mol. The number of nitriles is 1. The molecule has 0 aliphatic carbocycles. The first-order chi connectivity index (χ1) is 9.42. The topological polar surface area (TPSA) is 120 Å². The maximum absolute atomic E-state index is 11.9. The highest BCUT2D eigenvalue weighted by Crippen LogP contribution is 2.21. The van der Waals surface area contributed by atoms with E-state index in [2.05, 4.69) is 9.71 Å². The maximum Gasteiger partial charge on any atom is 0.355 e. The summed E-state index contributed by atoms with van der Waals surface area (Å²) in [6.07, 6.45) is 0.